The number of nitro groups is 1. The summed E-state index contributed by atoms with van der Waals surface area (Å²) in [4.78, 5) is 27.0. The van der Waals surface area contributed by atoms with E-state index in [4.69, 9.17) is 9.47 Å². The predicted molar refractivity (Wildman–Crippen MR) is 105 cm³/mol. The van der Waals surface area contributed by atoms with E-state index in [2.05, 4.69) is 0 Å². The van der Waals surface area contributed by atoms with Crippen LogP contribution in [0.3, 0.4) is 0 Å². The van der Waals surface area contributed by atoms with E-state index in [-0.39, 0.29) is 23.1 Å². The molecule has 2 aromatic rings. The van der Waals surface area contributed by atoms with E-state index in [0.29, 0.717) is 50.0 Å². The Kier molecular flexibility index (Phi) is 6.31. The monoisotopic (exact) mass is 385 g/mol. The van der Waals surface area contributed by atoms with Crippen molar-refractivity contribution in [2.45, 2.75) is 6.92 Å². The summed E-state index contributed by atoms with van der Waals surface area (Å²) in [6, 6.07) is 13.9. The molecule has 1 heterocycles. The molecule has 0 unspecified atom stereocenters. The third-order valence-electron chi connectivity index (χ3n) is 4.55. The van der Waals surface area contributed by atoms with Gasteiger partial charge in [-0.3, -0.25) is 14.9 Å². The van der Waals surface area contributed by atoms with Crippen LogP contribution in [0.2, 0.25) is 0 Å². The van der Waals surface area contributed by atoms with Gasteiger partial charge in [0.05, 0.1) is 11.5 Å². The van der Waals surface area contributed by atoms with E-state index in [9.17, 15) is 14.9 Å². The number of carbonyl (C=O) groups excluding carboxylic acids is 1. The van der Waals surface area contributed by atoms with E-state index >= 15 is 0 Å². The number of para-hydroxylation sites is 4. The third kappa shape index (κ3) is 4.51. The molecule has 0 spiro atoms. The molecule has 1 saturated heterocycles. The number of rotatable bonds is 7. The fourth-order valence-electron chi connectivity index (χ4n) is 3.16. The van der Waals surface area contributed by atoms with Crippen LogP contribution in [0.5, 0.6) is 11.5 Å². The molecule has 1 amide bonds. The van der Waals surface area contributed by atoms with Gasteiger partial charge in [0.2, 0.25) is 0 Å². The largest absolute Gasteiger partial charge is 0.490 e. The van der Waals surface area contributed by atoms with Crippen LogP contribution in [0.15, 0.2) is 48.5 Å². The van der Waals surface area contributed by atoms with Crippen LogP contribution in [0, 0.1) is 10.1 Å². The molecule has 1 aliphatic rings. The number of amides is 1. The summed E-state index contributed by atoms with van der Waals surface area (Å²) in [5.41, 5.74) is 0.666. The first-order valence-electron chi connectivity index (χ1n) is 9.21. The summed E-state index contributed by atoms with van der Waals surface area (Å²) in [6.45, 7) is 4.37. The zero-order valence-electron chi connectivity index (χ0n) is 15.7. The number of hydrogen-bond donors (Lipinski definition) is 0. The summed E-state index contributed by atoms with van der Waals surface area (Å²) in [5.74, 6) is 1.03. The zero-order valence-corrected chi connectivity index (χ0v) is 15.7. The minimum atomic E-state index is -0.378. The highest BCUT2D eigenvalue weighted by Crippen LogP contribution is 2.29. The third-order valence-corrected chi connectivity index (χ3v) is 4.55. The van der Waals surface area contributed by atoms with Crippen molar-refractivity contribution in [3.63, 3.8) is 0 Å². The van der Waals surface area contributed by atoms with Gasteiger partial charge in [-0.15, -0.1) is 0 Å². The van der Waals surface area contributed by atoms with Gasteiger partial charge in [-0.05, 0) is 25.1 Å². The van der Waals surface area contributed by atoms with Crippen molar-refractivity contribution in [3.8, 4) is 11.5 Å². The smallest absolute Gasteiger partial charge is 0.292 e. The van der Waals surface area contributed by atoms with Gasteiger partial charge >= 0.3 is 0 Å². The lowest BCUT2D eigenvalue weighted by molar-refractivity contribution is -0.384. The maximum Gasteiger partial charge on any atom is 0.292 e. The predicted octanol–water partition coefficient (Wildman–Crippen LogP) is 2.72. The lowest BCUT2D eigenvalue weighted by atomic mass is 10.2. The molecule has 8 nitrogen and oxygen atoms in total. The highest BCUT2D eigenvalue weighted by molar-refractivity contribution is 5.78. The van der Waals surface area contributed by atoms with Crippen LogP contribution in [-0.2, 0) is 4.79 Å². The second kappa shape index (κ2) is 9.07. The Morgan fingerprint density at radius 2 is 1.61 bits per heavy atom. The highest BCUT2D eigenvalue weighted by atomic mass is 16.6. The van der Waals surface area contributed by atoms with Gasteiger partial charge < -0.3 is 19.3 Å². The quantitative estimate of drug-likeness (QED) is 0.538. The van der Waals surface area contributed by atoms with E-state index in [1.165, 1.54) is 6.07 Å². The van der Waals surface area contributed by atoms with Crippen molar-refractivity contribution in [2.75, 3.05) is 44.3 Å². The van der Waals surface area contributed by atoms with Gasteiger partial charge in [-0.25, -0.2) is 0 Å². The number of nitro benzene ring substituents is 1. The fraction of sp³-hybridized carbons (Fsp3) is 0.350. The van der Waals surface area contributed by atoms with Gasteiger partial charge in [-0.2, -0.15) is 0 Å². The van der Waals surface area contributed by atoms with Crippen molar-refractivity contribution in [3.05, 3.63) is 58.6 Å². The molecule has 8 heteroatoms. The van der Waals surface area contributed by atoms with Crippen molar-refractivity contribution in [1.82, 2.24) is 4.90 Å². The molecule has 0 bridgehead atoms. The normalized spacial score (nSPS) is 13.9. The molecule has 0 N–H and O–H groups in total. The van der Waals surface area contributed by atoms with Crippen LogP contribution in [0.25, 0.3) is 0 Å². The van der Waals surface area contributed by atoms with Crippen molar-refractivity contribution < 1.29 is 19.2 Å². The van der Waals surface area contributed by atoms with E-state index < -0.39 is 0 Å². The first-order valence-corrected chi connectivity index (χ1v) is 9.21. The van der Waals surface area contributed by atoms with Gasteiger partial charge in [0.1, 0.15) is 5.69 Å². The maximum atomic E-state index is 12.5. The Balaban J connectivity index is 1.55. The molecule has 0 saturated carbocycles. The Hall–Kier alpha value is -3.29. The number of piperazine rings is 1. The van der Waals surface area contributed by atoms with Crippen LogP contribution >= 0.6 is 0 Å². The van der Waals surface area contributed by atoms with Crippen LogP contribution in [-0.4, -0.2) is 55.1 Å². The maximum absolute atomic E-state index is 12.5. The highest BCUT2D eigenvalue weighted by Gasteiger charge is 2.25. The van der Waals surface area contributed by atoms with E-state index in [0.717, 1.165) is 0 Å². The number of hydrogen-bond acceptors (Lipinski definition) is 6. The zero-order chi connectivity index (χ0) is 19.9. The van der Waals surface area contributed by atoms with Crippen LogP contribution < -0.4 is 14.4 Å². The van der Waals surface area contributed by atoms with Crippen LogP contribution in [0.1, 0.15) is 6.92 Å². The summed E-state index contributed by atoms with van der Waals surface area (Å²) in [6.07, 6.45) is 0. The number of carbonyl (C=O) groups is 1. The SMILES string of the molecule is CCOc1ccccc1OCC(=O)N1CCN(c2ccccc2[N+](=O)[O-])CC1. The number of anilines is 1. The Morgan fingerprint density at radius 3 is 2.25 bits per heavy atom. The topological polar surface area (TPSA) is 85.2 Å². The van der Waals surface area contributed by atoms with E-state index in [1.807, 2.05) is 24.0 Å². The molecule has 0 aromatic heterocycles. The molecule has 1 aliphatic heterocycles. The molecule has 1 fully saturated rings. The first-order chi connectivity index (χ1) is 13.6. The molecular formula is C20H23N3O5. The minimum Gasteiger partial charge on any atom is -0.490 e. The Bertz CT molecular complexity index is 834. The lowest BCUT2D eigenvalue weighted by Gasteiger charge is -2.35. The van der Waals surface area contributed by atoms with Crippen molar-refractivity contribution >= 4 is 17.3 Å². The lowest BCUT2D eigenvalue weighted by Crippen LogP contribution is -2.50. The number of nitrogens with zero attached hydrogens (tertiary/aromatic N) is 3. The van der Waals surface area contributed by atoms with Gasteiger partial charge in [0, 0.05) is 32.2 Å². The average molecular weight is 385 g/mol. The second-order valence-corrected chi connectivity index (χ2v) is 6.28. The summed E-state index contributed by atoms with van der Waals surface area (Å²) >= 11 is 0. The summed E-state index contributed by atoms with van der Waals surface area (Å²) in [7, 11) is 0. The molecule has 3 rings (SSSR count). The molecule has 2 aromatic carbocycles. The second-order valence-electron chi connectivity index (χ2n) is 6.28. The Labute approximate surface area is 163 Å². The number of ether oxygens (including phenoxy) is 2. The first kappa shape index (κ1) is 19.5. The fourth-order valence-corrected chi connectivity index (χ4v) is 3.16. The van der Waals surface area contributed by atoms with Crippen LogP contribution in [0.4, 0.5) is 11.4 Å². The molecule has 148 valence electrons. The molecule has 0 aliphatic carbocycles. The van der Waals surface area contributed by atoms with Crippen molar-refractivity contribution in [2.24, 2.45) is 0 Å². The average Bonchev–Trinajstić information content (AvgIpc) is 2.73. The molecule has 0 atom stereocenters. The minimum absolute atomic E-state index is 0.0738. The molecule has 28 heavy (non-hydrogen) atoms. The van der Waals surface area contributed by atoms with E-state index in [1.54, 1.807) is 35.2 Å². The standard InChI is InChI=1S/C20H23N3O5/c1-2-27-18-9-5-6-10-19(18)28-15-20(24)22-13-11-21(12-14-22)16-7-3-4-8-17(16)23(25)26/h3-10H,2,11-15H2,1H3. The van der Waals surface area contributed by atoms with Gasteiger partial charge in [0.25, 0.3) is 11.6 Å². The summed E-state index contributed by atoms with van der Waals surface area (Å²) < 4.78 is 11.1. The van der Waals surface area contributed by atoms with Crippen molar-refractivity contribution in [1.29, 1.82) is 0 Å². The van der Waals surface area contributed by atoms with Gasteiger partial charge in [-0.1, -0.05) is 24.3 Å². The molecule has 0 radical (unpaired) electrons. The molecular weight excluding hydrogens is 362 g/mol. The number of benzene rings is 2. The van der Waals surface area contributed by atoms with Gasteiger partial charge in [0.15, 0.2) is 18.1 Å². The summed E-state index contributed by atoms with van der Waals surface area (Å²) in [5, 5.41) is 11.2. The Morgan fingerprint density at radius 1 is 1.00 bits per heavy atom.